The van der Waals surface area contributed by atoms with Crippen molar-refractivity contribution in [2.75, 3.05) is 0 Å². The molecule has 5 nitrogen and oxygen atoms in total. The molecule has 0 fully saturated rings. The molecule has 2 aromatic rings. The summed E-state index contributed by atoms with van der Waals surface area (Å²) in [6.07, 6.45) is 0. The van der Waals surface area contributed by atoms with Gasteiger partial charge in [0, 0.05) is 10.9 Å². The highest BCUT2D eigenvalue weighted by molar-refractivity contribution is 7.15. The Labute approximate surface area is 102 Å². The van der Waals surface area contributed by atoms with E-state index < -0.39 is 0 Å². The first-order chi connectivity index (χ1) is 8.06. The van der Waals surface area contributed by atoms with E-state index in [4.69, 9.17) is 5.11 Å². The van der Waals surface area contributed by atoms with Crippen LogP contribution in [0, 0.1) is 13.8 Å². The first-order valence-electron chi connectivity index (χ1n) is 4.94. The van der Waals surface area contributed by atoms with Crippen LogP contribution in [0.3, 0.4) is 0 Å². The average Bonchev–Trinajstić information content (AvgIpc) is 2.57. The highest BCUT2D eigenvalue weighted by Crippen LogP contribution is 2.32. The molecule has 1 heterocycles. The smallest absolute Gasteiger partial charge is 0.230 e. The van der Waals surface area contributed by atoms with E-state index in [-0.39, 0.29) is 11.5 Å². The minimum absolute atomic E-state index is 0.0117. The van der Waals surface area contributed by atoms with Crippen LogP contribution in [-0.4, -0.2) is 15.2 Å². The van der Waals surface area contributed by atoms with E-state index in [1.54, 1.807) is 0 Å². The van der Waals surface area contributed by atoms with E-state index in [1.165, 1.54) is 29.5 Å². The summed E-state index contributed by atoms with van der Waals surface area (Å²) in [4.78, 5) is 5.29. The van der Waals surface area contributed by atoms with Crippen molar-refractivity contribution in [1.29, 1.82) is 0 Å². The molecule has 0 bridgehead atoms. The Bertz CT molecular complexity index is 559. The first-order valence-corrected chi connectivity index (χ1v) is 5.75. The number of thiazole rings is 1. The molecule has 0 saturated carbocycles. The van der Waals surface area contributed by atoms with Gasteiger partial charge in [-0.2, -0.15) is 0 Å². The molecule has 0 aliphatic rings. The number of hydrogen-bond donors (Lipinski definition) is 2. The van der Waals surface area contributed by atoms with E-state index in [9.17, 15) is 5.11 Å². The van der Waals surface area contributed by atoms with Crippen LogP contribution >= 0.6 is 11.3 Å². The zero-order valence-electron chi connectivity index (χ0n) is 9.38. The maximum Gasteiger partial charge on any atom is 0.230 e. The summed E-state index contributed by atoms with van der Waals surface area (Å²) in [5.41, 5.74) is 1.23. The van der Waals surface area contributed by atoms with Crippen molar-refractivity contribution in [2.45, 2.75) is 13.8 Å². The highest BCUT2D eigenvalue weighted by Gasteiger charge is 2.03. The third kappa shape index (κ3) is 2.59. The molecule has 1 aromatic heterocycles. The van der Waals surface area contributed by atoms with Gasteiger partial charge in [-0.1, -0.05) is 11.3 Å². The number of aromatic hydroxyl groups is 2. The van der Waals surface area contributed by atoms with Crippen molar-refractivity contribution in [1.82, 2.24) is 4.98 Å². The van der Waals surface area contributed by atoms with Gasteiger partial charge < -0.3 is 10.2 Å². The molecule has 0 aliphatic carbocycles. The van der Waals surface area contributed by atoms with Crippen LogP contribution in [-0.2, 0) is 0 Å². The third-order valence-corrected chi connectivity index (χ3v) is 3.18. The first kappa shape index (κ1) is 11.5. The van der Waals surface area contributed by atoms with Crippen LogP contribution in [0.5, 0.6) is 11.5 Å². The van der Waals surface area contributed by atoms with E-state index in [0.717, 1.165) is 10.6 Å². The standard InChI is InChI=1S/C11H11N3O2S/c1-6-7(2)17-11(12-6)14-13-9-4-3-8(15)5-10(9)16/h3-5,15-16H,1-2H3. The minimum Gasteiger partial charge on any atom is -0.508 e. The molecular formula is C11H11N3O2S. The van der Waals surface area contributed by atoms with Gasteiger partial charge in [0.2, 0.25) is 5.13 Å². The van der Waals surface area contributed by atoms with Crippen LogP contribution in [0.4, 0.5) is 10.8 Å². The van der Waals surface area contributed by atoms with E-state index >= 15 is 0 Å². The van der Waals surface area contributed by atoms with E-state index in [0.29, 0.717) is 10.8 Å². The number of phenols is 2. The monoisotopic (exact) mass is 249 g/mol. The summed E-state index contributed by atoms with van der Waals surface area (Å²) in [6.45, 7) is 3.87. The fraction of sp³-hybridized carbons (Fsp3) is 0.182. The summed E-state index contributed by atoms with van der Waals surface area (Å²) in [6, 6.07) is 4.14. The van der Waals surface area contributed by atoms with Gasteiger partial charge in [-0.15, -0.1) is 10.2 Å². The van der Waals surface area contributed by atoms with Crippen molar-refractivity contribution >= 4 is 22.2 Å². The van der Waals surface area contributed by atoms with Crippen LogP contribution in [0.1, 0.15) is 10.6 Å². The van der Waals surface area contributed by atoms with Gasteiger partial charge in [-0.3, -0.25) is 0 Å². The van der Waals surface area contributed by atoms with Gasteiger partial charge >= 0.3 is 0 Å². The predicted molar refractivity (Wildman–Crippen MR) is 65.5 cm³/mol. The predicted octanol–water partition coefficient (Wildman–Crippen LogP) is 3.59. The topological polar surface area (TPSA) is 78.1 Å². The molecule has 0 aliphatic heterocycles. The zero-order chi connectivity index (χ0) is 12.4. The summed E-state index contributed by atoms with van der Waals surface area (Å²) in [5.74, 6) is -0.124. The largest absolute Gasteiger partial charge is 0.508 e. The molecular weight excluding hydrogens is 238 g/mol. The molecule has 0 atom stereocenters. The highest BCUT2D eigenvalue weighted by atomic mass is 32.1. The number of azo groups is 1. The molecule has 0 radical (unpaired) electrons. The molecule has 0 amide bonds. The fourth-order valence-electron chi connectivity index (χ4n) is 1.19. The van der Waals surface area contributed by atoms with Crippen LogP contribution in [0.25, 0.3) is 0 Å². The Kier molecular flexibility index (Phi) is 3.06. The molecule has 2 N–H and O–H groups in total. The quantitative estimate of drug-likeness (QED) is 0.798. The van der Waals surface area contributed by atoms with Gasteiger partial charge in [0.25, 0.3) is 0 Å². The summed E-state index contributed by atoms with van der Waals surface area (Å²) in [7, 11) is 0. The molecule has 17 heavy (non-hydrogen) atoms. The Morgan fingerprint density at radius 3 is 2.53 bits per heavy atom. The van der Waals surface area contributed by atoms with Crippen molar-refractivity contribution in [3.8, 4) is 11.5 Å². The van der Waals surface area contributed by atoms with Gasteiger partial charge in [0.15, 0.2) is 0 Å². The van der Waals surface area contributed by atoms with Crippen LogP contribution in [0.15, 0.2) is 28.4 Å². The number of aromatic nitrogens is 1. The second kappa shape index (κ2) is 4.50. The lowest BCUT2D eigenvalue weighted by atomic mass is 10.3. The van der Waals surface area contributed by atoms with Crippen LogP contribution < -0.4 is 0 Å². The van der Waals surface area contributed by atoms with E-state index in [2.05, 4.69) is 15.2 Å². The molecule has 2 rings (SSSR count). The Morgan fingerprint density at radius 2 is 1.94 bits per heavy atom. The van der Waals surface area contributed by atoms with Crippen molar-refractivity contribution < 1.29 is 10.2 Å². The SMILES string of the molecule is Cc1nc(N=Nc2ccc(O)cc2O)sc1C. The lowest BCUT2D eigenvalue weighted by molar-refractivity contribution is 0.451. The minimum atomic E-state index is -0.112. The van der Waals surface area contributed by atoms with Crippen molar-refractivity contribution in [2.24, 2.45) is 10.2 Å². The maximum atomic E-state index is 9.50. The Morgan fingerprint density at radius 1 is 1.18 bits per heavy atom. The second-order valence-corrected chi connectivity index (χ2v) is 4.69. The van der Waals surface area contributed by atoms with Crippen LogP contribution in [0.2, 0.25) is 0 Å². The van der Waals surface area contributed by atoms with Gasteiger partial charge in [0.1, 0.15) is 17.2 Å². The number of benzene rings is 1. The van der Waals surface area contributed by atoms with E-state index in [1.807, 2.05) is 13.8 Å². The van der Waals surface area contributed by atoms with Gasteiger partial charge in [-0.25, -0.2) is 4.98 Å². The second-order valence-electron chi connectivity index (χ2n) is 3.51. The lowest BCUT2D eigenvalue weighted by Gasteiger charge is -1.96. The number of aryl methyl sites for hydroxylation is 2. The van der Waals surface area contributed by atoms with Crippen molar-refractivity contribution in [3.05, 3.63) is 28.8 Å². The third-order valence-electron chi connectivity index (χ3n) is 2.22. The Hall–Kier alpha value is -1.95. The fourth-order valence-corrected chi connectivity index (χ4v) is 1.92. The van der Waals surface area contributed by atoms with Gasteiger partial charge in [0.05, 0.1) is 5.69 Å². The number of phenolic OH excluding ortho intramolecular Hbond substituents is 2. The Balaban J connectivity index is 2.25. The zero-order valence-corrected chi connectivity index (χ0v) is 10.2. The summed E-state index contributed by atoms with van der Waals surface area (Å²) < 4.78 is 0. The molecule has 0 spiro atoms. The number of hydrogen-bond acceptors (Lipinski definition) is 6. The molecule has 88 valence electrons. The molecule has 1 aromatic carbocycles. The summed E-state index contributed by atoms with van der Waals surface area (Å²) in [5, 5.41) is 27.0. The maximum absolute atomic E-state index is 9.50. The lowest BCUT2D eigenvalue weighted by Crippen LogP contribution is -1.70. The molecule has 6 heteroatoms. The average molecular weight is 249 g/mol. The molecule has 0 unspecified atom stereocenters. The number of nitrogens with zero attached hydrogens (tertiary/aromatic N) is 3. The van der Waals surface area contributed by atoms with Gasteiger partial charge in [-0.05, 0) is 26.0 Å². The molecule has 0 saturated heterocycles. The normalized spacial score (nSPS) is 11.2. The van der Waals surface area contributed by atoms with Crippen molar-refractivity contribution in [3.63, 3.8) is 0 Å². The number of rotatable bonds is 2. The summed E-state index contributed by atoms with van der Waals surface area (Å²) >= 11 is 1.44.